The summed E-state index contributed by atoms with van der Waals surface area (Å²) < 4.78 is 59.8. The van der Waals surface area contributed by atoms with Gasteiger partial charge in [-0.05, 0) is 0 Å². The molecule has 1 heterocycles. The molecule has 0 aliphatic carbocycles. The lowest BCUT2D eigenvalue weighted by Gasteiger charge is -2.07. The number of nitrogens with two attached hydrogens (primary N) is 1. The number of nitriles is 1. The minimum atomic E-state index is -4.52. The van der Waals surface area contributed by atoms with Crippen LogP contribution in [0.15, 0.2) is 11.1 Å². The number of halogens is 3. The van der Waals surface area contributed by atoms with Gasteiger partial charge in [-0.1, -0.05) is 0 Å². The third-order valence-corrected chi connectivity index (χ3v) is 2.59. The molecular formula is C7H4F3N3O2S. The summed E-state index contributed by atoms with van der Waals surface area (Å²) in [4.78, 5) is 1.95. The second-order valence-corrected chi connectivity index (χ2v) is 4.19. The molecule has 0 atom stereocenters. The van der Waals surface area contributed by atoms with E-state index < -0.39 is 38.4 Å². The van der Waals surface area contributed by atoms with Crippen LogP contribution in [0.25, 0.3) is 0 Å². The van der Waals surface area contributed by atoms with Crippen molar-refractivity contribution in [2.75, 3.05) is 0 Å². The van der Waals surface area contributed by atoms with Gasteiger partial charge in [0.2, 0.25) is 10.0 Å². The Morgan fingerprint density at radius 1 is 1.50 bits per heavy atom. The molecule has 0 aliphatic rings. The average Bonchev–Trinajstić information content (AvgIpc) is 2.15. The van der Waals surface area contributed by atoms with Crippen molar-refractivity contribution < 1.29 is 21.6 Å². The second-order valence-electron chi connectivity index (χ2n) is 2.66. The van der Waals surface area contributed by atoms with Crippen molar-refractivity contribution in [3.8, 4) is 6.07 Å². The van der Waals surface area contributed by atoms with Crippen molar-refractivity contribution >= 4 is 10.0 Å². The molecule has 0 saturated heterocycles. The number of aromatic nitrogens is 1. The summed E-state index contributed by atoms with van der Waals surface area (Å²) in [5.74, 6) is -1.68. The van der Waals surface area contributed by atoms with Gasteiger partial charge in [0.05, 0.1) is 5.56 Å². The van der Waals surface area contributed by atoms with Gasteiger partial charge in [-0.3, -0.25) is 0 Å². The summed E-state index contributed by atoms with van der Waals surface area (Å²) in [5, 5.41) is 12.9. The Kier molecular flexibility index (Phi) is 3.16. The predicted molar refractivity (Wildman–Crippen MR) is 45.2 cm³/mol. The third kappa shape index (κ3) is 2.12. The zero-order valence-electron chi connectivity index (χ0n) is 7.49. The van der Waals surface area contributed by atoms with Gasteiger partial charge in [-0.2, -0.15) is 5.26 Å². The molecular weight excluding hydrogens is 247 g/mol. The standard InChI is InChI=1S/C7H4F3N3O2S/c8-6-3(1-11)13-2-4(16(12,14)15)5(6)7(9)10/h2,7H,(H2,12,14,15). The highest BCUT2D eigenvalue weighted by Crippen LogP contribution is 2.28. The number of pyridine rings is 1. The van der Waals surface area contributed by atoms with E-state index in [1.54, 1.807) is 0 Å². The van der Waals surface area contributed by atoms with Crippen LogP contribution in [0.4, 0.5) is 13.2 Å². The van der Waals surface area contributed by atoms with E-state index in [0.717, 1.165) is 0 Å². The average molecular weight is 251 g/mol. The first kappa shape index (κ1) is 12.4. The molecule has 16 heavy (non-hydrogen) atoms. The molecule has 0 spiro atoms. The minimum Gasteiger partial charge on any atom is -0.241 e. The number of hydrogen-bond donors (Lipinski definition) is 1. The molecule has 86 valence electrons. The zero-order valence-corrected chi connectivity index (χ0v) is 8.30. The molecule has 1 aromatic heterocycles. The summed E-state index contributed by atoms with van der Waals surface area (Å²) in [6, 6.07) is 1.21. The summed E-state index contributed by atoms with van der Waals surface area (Å²) >= 11 is 0. The lowest BCUT2D eigenvalue weighted by molar-refractivity contribution is 0.142. The smallest absolute Gasteiger partial charge is 0.241 e. The van der Waals surface area contributed by atoms with E-state index in [1.807, 2.05) is 0 Å². The Morgan fingerprint density at radius 2 is 2.06 bits per heavy atom. The largest absolute Gasteiger partial charge is 0.268 e. The molecule has 0 saturated carbocycles. The number of rotatable bonds is 2. The molecule has 1 aromatic rings. The number of alkyl halides is 2. The van der Waals surface area contributed by atoms with Crippen LogP contribution in [0.1, 0.15) is 17.7 Å². The van der Waals surface area contributed by atoms with Gasteiger partial charge in [-0.25, -0.2) is 31.7 Å². The molecule has 2 N–H and O–H groups in total. The third-order valence-electron chi connectivity index (χ3n) is 1.65. The SMILES string of the molecule is N#Cc1ncc(S(N)(=O)=O)c(C(F)F)c1F. The van der Waals surface area contributed by atoms with E-state index in [4.69, 9.17) is 5.26 Å². The van der Waals surface area contributed by atoms with Gasteiger partial charge in [0.1, 0.15) is 11.0 Å². The summed E-state index contributed by atoms with van der Waals surface area (Å²) in [5.41, 5.74) is -2.35. The fourth-order valence-electron chi connectivity index (χ4n) is 0.993. The summed E-state index contributed by atoms with van der Waals surface area (Å²) in [7, 11) is -4.52. The fourth-order valence-corrected chi connectivity index (χ4v) is 1.68. The summed E-state index contributed by atoms with van der Waals surface area (Å²) in [6.07, 6.45) is -2.98. The Labute approximate surface area is 88.4 Å². The number of hydrogen-bond acceptors (Lipinski definition) is 4. The monoisotopic (exact) mass is 251 g/mol. The maximum Gasteiger partial charge on any atom is 0.268 e. The molecule has 0 amide bonds. The molecule has 0 aliphatic heterocycles. The van der Waals surface area contributed by atoms with Crippen LogP contribution in [0.2, 0.25) is 0 Å². The molecule has 0 fully saturated rings. The highest BCUT2D eigenvalue weighted by molar-refractivity contribution is 7.89. The maximum atomic E-state index is 13.2. The van der Waals surface area contributed by atoms with Gasteiger partial charge < -0.3 is 0 Å². The zero-order chi connectivity index (χ0) is 12.5. The molecule has 9 heteroatoms. The Balaban J connectivity index is 3.69. The van der Waals surface area contributed by atoms with Crippen LogP contribution in [0.5, 0.6) is 0 Å². The Hall–Kier alpha value is -1.66. The lowest BCUT2D eigenvalue weighted by atomic mass is 10.2. The predicted octanol–water partition coefficient (Wildman–Crippen LogP) is 0.677. The van der Waals surface area contributed by atoms with Crippen molar-refractivity contribution in [1.82, 2.24) is 4.98 Å². The van der Waals surface area contributed by atoms with Crippen LogP contribution in [-0.4, -0.2) is 13.4 Å². The Morgan fingerprint density at radius 3 is 2.44 bits per heavy atom. The van der Waals surface area contributed by atoms with Crippen molar-refractivity contribution in [3.63, 3.8) is 0 Å². The second kappa shape index (κ2) is 4.07. The van der Waals surface area contributed by atoms with Crippen LogP contribution in [-0.2, 0) is 10.0 Å². The van der Waals surface area contributed by atoms with E-state index >= 15 is 0 Å². The molecule has 0 unspecified atom stereocenters. The van der Waals surface area contributed by atoms with E-state index in [9.17, 15) is 21.6 Å². The van der Waals surface area contributed by atoms with Crippen molar-refractivity contribution in [3.05, 3.63) is 23.3 Å². The highest BCUT2D eigenvalue weighted by atomic mass is 32.2. The molecule has 1 rings (SSSR count). The van der Waals surface area contributed by atoms with E-state index in [1.165, 1.54) is 6.07 Å². The van der Waals surface area contributed by atoms with Gasteiger partial charge in [0.15, 0.2) is 11.5 Å². The molecule has 5 nitrogen and oxygen atoms in total. The van der Waals surface area contributed by atoms with Crippen molar-refractivity contribution in [1.29, 1.82) is 5.26 Å². The molecule has 0 aromatic carbocycles. The maximum absolute atomic E-state index is 13.2. The molecule has 0 radical (unpaired) electrons. The number of nitrogens with zero attached hydrogens (tertiary/aromatic N) is 2. The first-order chi connectivity index (χ1) is 7.29. The van der Waals surface area contributed by atoms with E-state index in [2.05, 4.69) is 10.1 Å². The minimum absolute atomic E-state index is 0.429. The van der Waals surface area contributed by atoms with Crippen LogP contribution in [0, 0.1) is 17.1 Å². The molecule has 0 bridgehead atoms. The first-order valence-corrected chi connectivity index (χ1v) is 5.23. The number of primary sulfonamides is 1. The summed E-state index contributed by atoms with van der Waals surface area (Å²) in [6.45, 7) is 0. The van der Waals surface area contributed by atoms with Crippen LogP contribution in [0.3, 0.4) is 0 Å². The van der Waals surface area contributed by atoms with Crippen molar-refractivity contribution in [2.24, 2.45) is 5.14 Å². The van der Waals surface area contributed by atoms with Crippen molar-refractivity contribution in [2.45, 2.75) is 11.3 Å². The first-order valence-electron chi connectivity index (χ1n) is 3.68. The van der Waals surface area contributed by atoms with Gasteiger partial charge in [0, 0.05) is 6.20 Å². The normalized spacial score (nSPS) is 11.5. The van der Waals surface area contributed by atoms with Gasteiger partial charge >= 0.3 is 0 Å². The Bertz CT molecular complexity index is 565. The highest BCUT2D eigenvalue weighted by Gasteiger charge is 2.27. The van der Waals surface area contributed by atoms with Crippen LogP contribution < -0.4 is 5.14 Å². The number of sulfonamides is 1. The quantitative estimate of drug-likeness (QED) is 0.835. The van der Waals surface area contributed by atoms with E-state index in [-0.39, 0.29) is 0 Å². The lowest BCUT2D eigenvalue weighted by Crippen LogP contribution is -2.17. The van der Waals surface area contributed by atoms with Gasteiger partial charge in [-0.15, -0.1) is 0 Å². The van der Waals surface area contributed by atoms with Crippen LogP contribution >= 0.6 is 0 Å². The van der Waals surface area contributed by atoms with E-state index in [0.29, 0.717) is 6.20 Å². The fraction of sp³-hybridized carbons (Fsp3) is 0.143. The van der Waals surface area contributed by atoms with Gasteiger partial charge in [0.25, 0.3) is 6.43 Å². The topological polar surface area (TPSA) is 96.8 Å².